The van der Waals surface area contributed by atoms with Crippen LogP contribution in [-0.2, 0) is 0 Å². The number of aromatic nitrogens is 2. The van der Waals surface area contributed by atoms with E-state index >= 15 is 0 Å². The summed E-state index contributed by atoms with van der Waals surface area (Å²) in [7, 11) is 0. The second-order valence-corrected chi connectivity index (χ2v) is 5.71. The van der Waals surface area contributed by atoms with Gasteiger partial charge in [-0.25, -0.2) is 4.98 Å². The quantitative estimate of drug-likeness (QED) is 0.745. The Bertz CT molecular complexity index is 331. The van der Waals surface area contributed by atoms with E-state index in [4.69, 9.17) is 13.0 Å². The first-order valence-electron chi connectivity index (χ1n) is 4.49. The Morgan fingerprint density at radius 2 is 2.31 bits per heavy atom. The highest BCUT2D eigenvalue weighted by Gasteiger charge is 2.18. The zero-order valence-corrected chi connectivity index (χ0v) is 9.25. The van der Waals surface area contributed by atoms with Crippen molar-refractivity contribution in [2.45, 2.75) is 11.0 Å². The molecule has 0 amide bonds. The molecule has 13 heavy (non-hydrogen) atoms. The van der Waals surface area contributed by atoms with Gasteiger partial charge in [0.1, 0.15) is 5.15 Å². The Morgan fingerprint density at radius 3 is 3.00 bits per heavy atom. The van der Waals surface area contributed by atoms with Gasteiger partial charge in [0, 0.05) is 0 Å². The van der Waals surface area contributed by atoms with Crippen molar-refractivity contribution in [3.8, 4) is 0 Å². The molecule has 0 unspecified atom stereocenters. The van der Waals surface area contributed by atoms with Gasteiger partial charge in [0.05, 0.1) is 24.0 Å². The van der Waals surface area contributed by atoms with E-state index in [0.29, 0.717) is 4.58 Å². The third-order valence-electron chi connectivity index (χ3n) is 1.65. The van der Waals surface area contributed by atoms with Crippen LogP contribution in [0.15, 0.2) is 12.4 Å². The largest absolute Gasteiger partial charge is 0.260 e. The molecule has 0 saturated carbocycles. The molecule has 0 aromatic carbocycles. The van der Waals surface area contributed by atoms with Crippen LogP contribution in [0.5, 0.6) is 0 Å². The van der Waals surface area contributed by atoms with Gasteiger partial charge in [-0.1, -0.05) is 11.6 Å². The molecule has 0 radical (unpaired) electrons. The van der Waals surface area contributed by atoms with Crippen LogP contribution in [0.2, 0.25) is 5.15 Å². The zero-order valence-electron chi connectivity index (χ0n) is 7.86. The molecule has 70 valence electrons. The fourth-order valence-electron chi connectivity index (χ4n) is 1.09. The van der Waals surface area contributed by atoms with E-state index in [1.807, 2.05) is 23.5 Å². The summed E-state index contributed by atoms with van der Waals surface area (Å²) in [6.45, 7) is 0. The van der Waals surface area contributed by atoms with E-state index in [9.17, 15) is 0 Å². The normalized spacial score (nSPS) is 19.9. The van der Waals surface area contributed by atoms with Crippen molar-refractivity contribution in [3.63, 3.8) is 0 Å². The van der Waals surface area contributed by atoms with Crippen molar-refractivity contribution in [2.75, 3.05) is 11.5 Å². The summed E-state index contributed by atoms with van der Waals surface area (Å²) in [5.41, 5.74) is 0.890. The monoisotopic (exact) mass is 233 g/mol. The number of thioether (sulfide) groups is 2. The maximum atomic E-state index is 7.31. The molecule has 0 spiro atoms. The Balaban J connectivity index is 2.18. The summed E-state index contributed by atoms with van der Waals surface area (Å²) in [5.74, 6) is 2.33. The Morgan fingerprint density at radius 1 is 1.54 bits per heavy atom. The molecule has 0 bridgehead atoms. The van der Waals surface area contributed by atoms with E-state index in [1.54, 1.807) is 6.20 Å². The van der Waals surface area contributed by atoms with Crippen molar-refractivity contribution in [1.29, 1.82) is 0 Å². The molecule has 2 rings (SSSR count). The number of halogens is 1. The first-order valence-corrected chi connectivity index (χ1v) is 6.47. The SMILES string of the molecule is [2H]c1ncc(C2SCCCS2)nc1Cl. The minimum absolute atomic E-state index is 0.0567. The first-order chi connectivity index (χ1) is 6.77. The molecule has 1 aromatic heterocycles. The van der Waals surface area contributed by atoms with E-state index < -0.39 is 0 Å². The molecule has 2 nitrogen and oxygen atoms in total. The zero-order chi connectivity index (χ0) is 9.97. The molecule has 0 atom stereocenters. The van der Waals surface area contributed by atoms with Gasteiger partial charge < -0.3 is 0 Å². The lowest BCUT2D eigenvalue weighted by atomic mass is 10.5. The highest BCUT2D eigenvalue weighted by atomic mass is 35.5. The molecular weight excluding hydrogens is 224 g/mol. The molecule has 0 aliphatic carbocycles. The van der Waals surface area contributed by atoms with Crippen molar-refractivity contribution in [3.05, 3.63) is 23.2 Å². The average molecular weight is 234 g/mol. The van der Waals surface area contributed by atoms with E-state index in [0.717, 1.165) is 5.69 Å². The van der Waals surface area contributed by atoms with Gasteiger partial charge in [-0.2, -0.15) is 0 Å². The topological polar surface area (TPSA) is 25.8 Å². The fraction of sp³-hybridized carbons (Fsp3) is 0.500. The van der Waals surface area contributed by atoms with Gasteiger partial charge >= 0.3 is 0 Å². The summed E-state index contributed by atoms with van der Waals surface area (Å²) >= 11 is 9.50. The standard InChI is InChI=1S/C8H9ClN2S2/c9-7-5-10-4-6(11-7)8-12-2-1-3-13-8/h4-5,8H,1-3H2/i5D. The maximum absolute atomic E-state index is 7.31. The van der Waals surface area contributed by atoms with Crippen LogP contribution in [0, 0.1) is 0 Å². The molecule has 2 heterocycles. The van der Waals surface area contributed by atoms with Crippen molar-refractivity contribution >= 4 is 35.1 Å². The lowest BCUT2D eigenvalue weighted by Gasteiger charge is -2.19. The fourth-order valence-corrected chi connectivity index (χ4v) is 4.00. The third kappa shape index (κ3) is 2.51. The van der Waals surface area contributed by atoms with Gasteiger partial charge in [0.2, 0.25) is 0 Å². The average Bonchev–Trinajstić information content (AvgIpc) is 2.23. The highest BCUT2D eigenvalue weighted by molar-refractivity contribution is 8.16. The van der Waals surface area contributed by atoms with Crippen molar-refractivity contribution < 1.29 is 1.37 Å². The summed E-state index contributed by atoms with van der Waals surface area (Å²) in [5, 5.41) is 0.203. The molecule has 1 fully saturated rings. The predicted octanol–water partition coefficient (Wildman–Crippen LogP) is 3.00. The highest BCUT2D eigenvalue weighted by Crippen LogP contribution is 2.42. The van der Waals surface area contributed by atoms with Crippen LogP contribution in [0.4, 0.5) is 0 Å². The van der Waals surface area contributed by atoms with Crippen LogP contribution >= 0.6 is 35.1 Å². The van der Waals surface area contributed by atoms with Gasteiger partial charge in [-0.15, -0.1) is 23.5 Å². The van der Waals surface area contributed by atoms with E-state index in [1.165, 1.54) is 17.9 Å². The molecule has 1 aliphatic rings. The van der Waals surface area contributed by atoms with Crippen LogP contribution < -0.4 is 0 Å². The molecule has 1 aromatic rings. The van der Waals surface area contributed by atoms with Crippen molar-refractivity contribution in [1.82, 2.24) is 9.97 Å². The minimum Gasteiger partial charge on any atom is -0.260 e. The molecule has 1 aliphatic heterocycles. The van der Waals surface area contributed by atoms with Crippen molar-refractivity contribution in [2.24, 2.45) is 0 Å². The Hall–Kier alpha value is 0.0700. The minimum atomic E-state index is 0.0567. The lowest BCUT2D eigenvalue weighted by Crippen LogP contribution is -2.02. The Labute approximate surface area is 92.3 Å². The molecule has 1 saturated heterocycles. The Kier molecular flexibility index (Phi) is 2.92. The van der Waals surface area contributed by atoms with E-state index in [2.05, 4.69) is 9.97 Å². The summed E-state index contributed by atoms with van der Waals surface area (Å²) in [4.78, 5) is 8.07. The van der Waals surface area contributed by atoms with Gasteiger partial charge in [-0.05, 0) is 17.9 Å². The van der Waals surface area contributed by atoms with E-state index in [-0.39, 0.29) is 11.3 Å². The summed E-state index contributed by atoms with van der Waals surface area (Å²) in [6.07, 6.45) is 2.97. The second-order valence-electron chi connectivity index (χ2n) is 2.62. The van der Waals surface area contributed by atoms with Gasteiger partial charge in [0.25, 0.3) is 0 Å². The van der Waals surface area contributed by atoms with Crippen LogP contribution in [0.1, 0.15) is 18.1 Å². The number of rotatable bonds is 1. The molecule has 0 N–H and O–H groups in total. The van der Waals surface area contributed by atoms with Gasteiger partial charge in [-0.3, -0.25) is 4.98 Å². The second kappa shape index (κ2) is 4.53. The number of hydrogen-bond acceptors (Lipinski definition) is 4. The number of nitrogens with zero attached hydrogens (tertiary/aromatic N) is 2. The predicted molar refractivity (Wildman–Crippen MR) is 59.3 cm³/mol. The maximum Gasteiger partial charge on any atom is 0.147 e. The first kappa shape index (κ1) is 8.38. The summed E-state index contributed by atoms with van der Waals surface area (Å²) in [6, 6.07) is 0. The lowest BCUT2D eigenvalue weighted by molar-refractivity contribution is 1.05. The molecular formula is C8H9ClN2S2. The smallest absolute Gasteiger partial charge is 0.147 e. The van der Waals surface area contributed by atoms with Crippen LogP contribution in [0.25, 0.3) is 0 Å². The van der Waals surface area contributed by atoms with Gasteiger partial charge in [0.15, 0.2) is 0 Å². The summed E-state index contributed by atoms with van der Waals surface area (Å²) < 4.78 is 7.65. The molecule has 5 heteroatoms. The van der Waals surface area contributed by atoms with Crippen LogP contribution in [0.3, 0.4) is 0 Å². The van der Waals surface area contributed by atoms with Crippen LogP contribution in [-0.4, -0.2) is 21.5 Å². The number of hydrogen-bond donors (Lipinski definition) is 0. The third-order valence-corrected chi connectivity index (χ3v) is 4.77.